The van der Waals surface area contributed by atoms with Gasteiger partial charge in [-0.2, -0.15) is 20.1 Å². The molecule has 5 rings (SSSR count). The second-order valence-electron chi connectivity index (χ2n) is 7.78. The molecule has 36 heavy (non-hydrogen) atoms. The lowest BCUT2D eigenvalue weighted by atomic mass is 10.1. The van der Waals surface area contributed by atoms with Crippen LogP contribution in [-0.2, 0) is 0 Å². The third-order valence-electron chi connectivity index (χ3n) is 5.45. The number of quaternary nitrogens is 1. The standard InChI is InChI=1S/C27H20N6O3/c34-27(21-15-17-28-18-16-21)32-26(20-9-5-2-6-10-20)25(24(31-32)19-7-3-1-4-8-19)30-29-22-11-13-23(14-12-22)33(35)36/h1-18,33,35H. The lowest BCUT2D eigenvalue weighted by Gasteiger charge is -2.10. The van der Waals surface area contributed by atoms with Crippen molar-refractivity contribution >= 4 is 23.0 Å². The molecule has 0 saturated carbocycles. The maximum atomic E-state index is 13.6. The van der Waals surface area contributed by atoms with Gasteiger partial charge in [-0.1, -0.05) is 60.7 Å². The highest BCUT2D eigenvalue weighted by molar-refractivity contribution is 6.01. The van der Waals surface area contributed by atoms with Crippen molar-refractivity contribution in [1.82, 2.24) is 14.8 Å². The summed E-state index contributed by atoms with van der Waals surface area (Å²) in [6.45, 7) is 0. The van der Waals surface area contributed by atoms with E-state index in [-0.39, 0.29) is 11.6 Å². The molecule has 2 N–H and O–H groups in total. The smallest absolute Gasteiger partial charge is 0.278 e. The topological polar surface area (TPSA) is 120 Å². The van der Waals surface area contributed by atoms with Crippen LogP contribution >= 0.6 is 0 Å². The van der Waals surface area contributed by atoms with Crippen molar-refractivity contribution in [2.24, 2.45) is 10.2 Å². The van der Waals surface area contributed by atoms with Gasteiger partial charge in [0, 0.05) is 41.2 Å². The number of rotatable bonds is 6. The maximum Gasteiger partial charge on any atom is 0.278 e. The fourth-order valence-electron chi connectivity index (χ4n) is 3.69. The number of azo groups is 1. The number of pyridine rings is 1. The minimum Gasteiger partial charge on any atom is -0.595 e. The van der Waals surface area contributed by atoms with E-state index in [0.29, 0.717) is 28.3 Å². The first-order chi connectivity index (χ1) is 17.6. The van der Waals surface area contributed by atoms with Gasteiger partial charge in [-0.05, 0) is 24.3 Å². The van der Waals surface area contributed by atoms with E-state index in [1.807, 2.05) is 60.7 Å². The number of benzene rings is 3. The Hall–Kier alpha value is -4.83. The predicted octanol–water partition coefficient (Wildman–Crippen LogP) is 5.12. The van der Waals surface area contributed by atoms with Crippen molar-refractivity contribution in [2.45, 2.75) is 0 Å². The normalized spacial score (nSPS) is 12.1. The Morgan fingerprint density at radius 3 is 2.03 bits per heavy atom. The molecule has 9 nitrogen and oxygen atoms in total. The van der Waals surface area contributed by atoms with Crippen LogP contribution < -0.4 is 5.23 Å². The molecule has 1 atom stereocenters. The maximum absolute atomic E-state index is 13.6. The van der Waals surface area contributed by atoms with E-state index in [9.17, 15) is 10.0 Å². The minimum absolute atomic E-state index is 0.152. The first kappa shape index (κ1) is 22.9. The molecule has 0 radical (unpaired) electrons. The third kappa shape index (κ3) is 4.70. The van der Waals surface area contributed by atoms with Crippen LogP contribution in [0.2, 0.25) is 0 Å². The number of hydrogen-bond acceptors (Lipinski definition) is 7. The largest absolute Gasteiger partial charge is 0.595 e. The Labute approximate surface area is 206 Å². The zero-order chi connectivity index (χ0) is 24.9. The van der Waals surface area contributed by atoms with Crippen LogP contribution in [0.15, 0.2) is 120 Å². The Morgan fingerprint density at radius 1 is 0.806 bits per heavy atom. The summed E-state index contributed by atoms with van der Waals surface area (Å²) in [6.07, 6.45) is 3.11. The molecule has 0 bridgehead atoms. The summed E-state index contributed by atoms with van der Waals surface area (Å²) < 4.78 is 1.34. The number of nitrogens with one attached hydrogen (secondary N) is 1. The van der Waals surface area contributed by atoms with Crippen LogP contribution in [0.1, 0.15) is 10.4 Å². The van der Waals surface area contributed by atoms with Gasteiger partial charge >= 0.3 is 0 Å². The molecule has 2 aromatic heterocycles. The van der Waals surface area contributed by atoms with Crippen LogP contribution in [0.3, 0.4) is 0 Å². The molecule has 0 saturated heterocycles. The van der Waals surface area contributed by atoms with Gasteiger partial charge < -0.3 is 5.21 Å². The average molecular weight is 476 g/mol. The molecular weight excluding hydrogens is 456 g/mol. The van der Waals surface area contributed by atoms with E-state index in [1.54, 1.807) is 36.7 Å². The first-order valence-electron chi connectivity index (χ1n) is 11.1. The van der Waals surface area contributed by atoms with Gasteiger partial charge in [0.15, 0.2) is 5.69 Å². The van der Waals surface area contributed by atoms with Crippen molar-refractivity contribution in [1.29, 1.82) is 0 Å². The fourth-order valence-corrected chi connectivity index (χ4v) is 3.69. The number of aromatic nitrogens is 3. The predicted molar refractivity (Wildman–Crippen MR) is 133 cm³/mol. The monoisotopic (exact) mass is 476 g/mol. The highest BCUT2D eigenvalue weighted by Gasteiger charge is 2.25. The number of nitrogens with zero attached hydrogens (tertiary/aromatic N) is 5. The minimum atomic E-state index is -1.02. The molecule has 2 heterocycles. The number of hydrogen-bond donors (Lipinski definition) is 2. The van der Waals surface area contributed by atoms with Gasteiger partial charge in [0.1, 0.15) is 17.1 Å². The summed E-state index contributed by atoms with van der Waals surface area (Å²) in [5.74, 6) is -0.333. The molecule has 0 aliphatic rings. The van der Waals surface area contributed by atoms with Gasteiger partial charge in [-0.25, -0.2) is 5.21 Å². The van der Waals surface area contributed by atoms with Crippen molar-refractivity contribution in [3.8, 4) is 22.5 Å². The Morgan fingerprint density at radius 2 is 1.42 bits per heavy atom. The van der Waals surface area contributed by atoms with Crippen molar-refractivity contribution < 1.29 is 15.2 Å². The van der Waals surface area contributed by atoms with Gasteiger partial charge in [0.2, 0.25) is 0 Å². The Kier molecular flexibility index (Phi) is 6.50. The molecule has 9 heteroatoms. The summed E-state index contributed by atoms with van der Waals surface area (Å²) in [6, 6.07) is 28.2. The summed E-state index contributed by atoms with van der Waals surface area (Å²) in [7, 11) is 0. The second-order valence-corrected chi connectivity index (χ2v) is 7.78. The van der Waals surface area contributed by atoms with Crippen LogP contribution in [0.25, 0.3) is 22.5 Å². The first-order valence-corrected chi connectivity index (χ1v) is 11.1. The average Bonchev–Trinajstić information content (AvgIpc) is 3.32. The SMILES string of the molecule is O=C(c1ccncc1)n1nc(-c2ccccc2)c(N=Nc2ccc([NH+]([O-])O)cc2)c1-c1ccccc1. The molecule has 0 aliphatic carbocycles. The van der Waals surface area contributed by atoms with Crippen molar-refractivity contribution in [3.05, 3.63) is 120 Å². The van der Waals surface area contributed by atoms with E-state index in [0.717, 1.165) is 11.1 Å². The molecule has 3 aromatic carbocycles. The van der Waals surface area contributed by atoms with Crippen molar-refractivity contribution in [3.63, 3.8) is 0 Å². The summed E-state index contributed by atoms with van der Waals surface area (Å²) in [5, 5.41) is 32.9. The quantitative estimate of drug-likeness (QED) is 0.260. The lowest BCUT2D eigenvalue weighted by molar-refractivity contribution is -0.991. The molecule has 5 aromatic rings. The van der Waals surface area contributed by atoms with Gasteiger partial charge in [0.05, 0.1) is 5.69 Å². The van der Waals surface area contributed by atoms with Crippen LogP contribution in [0.4, 0.5) is 17.1 Å². The van der Waals surface area contributed by atoms with Gasteiger partial charge in [-0.3, -0.25) is 9.78 Å². The Bertz CT molecular complexity index is 1500. The van der Waals surface area contributed by atoms with E-state index in [2.05, 4.69) is 15.2 Å². The van der Waals surface area contributed by atoms with E-state index >= 15 is 0 Å². The zero-order valence-electron chi connectivity index (χ0n) is 18.9. The highest BCUT2D eigenvalue weighted by Crippen LogP contribution is 2.40. The second kappa shape index (κ2) is 10.2. The molecule has 176 valence electrons. The van der Waals surface area contributed by atoms with Crippen LogP contribution in [0, 0.1) is 5.21 Å². The lowest BCUT2D eigenvalue weighted by Crippen LogP contribution is -2.99. The number of carbonyl (C=O) groups is 1. The van der Waals surface area contributed by atoms with E-state index in [1.165, 1.54) is 16.8 Å². The molecule has 0 spiro atoms. The fraction of sp³-hybridized carbons (Fsp3) is 0. The molecular formula is C27H20N6O3. The van der Waals surface area contributed by atoms with E-state index < -0.39 is 5.23 Å². The van der Waals surface area contributed by atoms with Crippen molar-refractivity contribution in [2.75, 3.05) is 0 Å². The number of carbonyl (C=O) groups excluding carboxylic acids is 1. The zero-order valence-corrected chi connectivity index (χ0v) is 18.9. The molecule has 1 unspecified atom stereocenters. The van der Waals surface area contributed by atoms with Crippen LogP contribution in [0.5, 0.6) is 0 Å². The molecule has 0 fully saturated rings. The summed E-state index contributed by atoms with van der Waals surface area (Å²) in [5.41, 5.74) is 3.95. The molecule has 0 aliphatic heterocycles. The Balaban J connectivity index is 1.71. The molecule has 0 amide bonds. The third-order valence-corrected chi connectivity index (χ3v) is 5.45. The summed E-state index contributed by atoms with van der Waals surface area (Å²) >= 11 is 0. The highest BCUT2D eigenvalue weighted by atomic mass is 16.8. The van der Waals surface area contributed by atoms with Crippen LogP contribution in [-0.4, -0.2) is 25.9 Å². The van der Waals surface area contributed by atoms with E-state index in [4.69, 9.17) is 10.3 Å². The van der Waals surface area contributed by atoms with Gasteiger partial charge in [0.25, 0.3) is 5.91 Å². The van der Waals surface area contributed by atoms with Gasteiger partial charge in [-0.15, -0.1) is 5.11 Å². The summed E-state index contributed by atoms with van der Waals surface area (Å²) in [4.78, 5) is 17.6.